The van der Waals surface area contributed by atoms with Crippen molar-refractivity contribution >= 4 is 22.7 Å². The fourth-order valence-electron chi connectivity index (χ4n) is 3.55. The van der Waals surface area contributed by atoms with E-state index in [4.69, 9.17) is 4.42 Å². The average molecular weight is 385 g/mol. The van der Waals surface area contributed by atoms with Gasteiger partial charge in [-0.3, -0.25) is 9.78 Å². The quantitative estimate of drug-likeness (QED) is 0.539. The number of aromatic nitrogens is 3. The smallest absolute Gasteiger partial charge is 0.289 e. The molecule has 3 aromatic heterocycles. The molecule has 0 saturated carbocycles. The second kappa shape index (κ2) is 7.35. The molecule has 0 radical (unpaired) electrons. The monoisotopic (exact) mass is 385 g/mol. The van der Waals surface area contributed by atoms with Crippen LogP contribution in [0.5, 0.6) is 0 Å². The first-order chi connectivity index (χ1) is 14.3. The number of piperazine rings is 1. The lowest BCUT2D eigenvalue weighted by Crippen LogP contribution is -2.49. The number of hydrogen-bond donors (Lipinski definition) is 0. The van der Waals surface area contributed by atoms with Gasteiger partial charge in [0.25, 0.3) is 5.91 Å². The molecule has 7 heteroatoms. The van der Waals surface area contributed by atoms with Gasteiger partial charge < -0.3 is 14.2 Å². The zero-order chi connectivity index (χ0) is 19.6. The van der Waals surface area contributed by atoms with Crippen molar-refractivity contribution in [2.24, 2.45) is 0 Å². The molecular formula is C22H19N5O2. The number of rotatable bonds is 3. The lowest BCUT2D eigenvalue weighted by Gasteiger charge is -2.34. The number of carbonyl (C=O) groups is 1. The largest absolute Gasteiger partial charge is 0.451 e. The normalized spacial score (nSPS) is 14.3. The molecule has 29 heavy (non-hydrogen) atoms. The standard InChI is InChI=1S/C22H19N5O2/c28-22(20-15-17-3-1-2-4-19(17)29-20)27-13-11-26(12-14-27)21-6-5-18(24-25-21)16-7-9-23-10-8-16/h1-10,15H,11-14H2. The molecule has 144 valence electrons. The van der Waals surface area contributed by atoms with Gasteiger partial charge in [-0.2, -0.15) is 0 Å². The van der Waals surface area contributed by atoms with Crippen LogP contribution in [-0.4, -0.2) is 52.2 Å². The van der Waals surface area contributed by atoms with Gasteiger partial charge in [0.15, 0.2) is 11.6 Å². The fourth-order valence-corrected chi connectivity index (χ4v) is 3.55. The van der Waals surface area contributed by atoms with E-state index < -0.39 is 0 Å². The summed E-state index contributed by atoms with van der Waals surface area (Å²) in [6, 6.07) is 17.2. The maximum atomic E-state index is 12.8. The van der Waals surface area contributed by atoms with Crippen LogP contribution in [0, 0.1) is 0 Å². The number of amides is 1. The summed E-state index contributed by atoms with van der Waals surface area (Å²) in [7, 11) is 0. The number of pyridine rings is 1. The molecule has 4 heterocycles. The minimum atomic E-state index is -0.0695. The summed E-state index contributed by atoms with van der Waals surface area (Å²) < 4.78 is 5.72. The second-order valence-corrected chi connectivity index (χ2v) is 6.94. The Hall–Kier alpha value is -3.74. The van der Waals surface area contributed by atoms with Gasteiger partial charge in [-0.15, -0.1) is 10.2 Å². The number of para-hydroxylation sites is 1. The van der Waals surface area contributed by atoms with Crippen LogP contribution >= 0.6 is 0 Å². The van der Waals surface area contributed by atoms with E-state index in [0.29, 0.717) is 31.9 Å². The number of carbonyl (C=O) groups excluding carboxylic acids is 1. The third-order valence-electron chi connectivity index (χ3n) is 5.15. The molecular weight excluding hydrogens is 366 g/mol. The first-order valence-electron chi connectivity index (χ1n) is 9.55. The van der Waals surface area contributed by atoms with E-state index in [-0.39, 0.29) is 5.91 Å². The second-order valence-electron chi connectivity index (χ2n) is 6.94. The minimum Gasteiger partial charge on any atom is -0.451 e. The summed E-state index contributed by atoms with van der Waals surface area (Å²) in [6.07, 6.45) is 3.48. The maximum Gasteiger partial charge on any atom is 0.289 e. The fraction of sp³-hybridized carbons (Fsp3) is 0.182. The third-order valence-corrected chi connectivity index (χ3v) is 5.15. The molecule has 0 unspecified atom stereocenters. The SMILES string of the molecule is O=C(c1cc2ccccc2o1)N1CCN(c2ccc(-c3ccncc3)nn2)CC1. The van der Waals surface area contributed by atoms with Crippen LogP contribution < -0.4 is 4.90 Å². The number of benzene rings is 1. The zero-order valence-electron chi connectivity index (χ0n) is 15.7. The Morgan fingerprint density at radius 3 is 2.41 bits per heavy atom. The molecule has 1 aliphatic rings. The molecule has 4 aromatic rings. The van der Waals surface area contributed by atoms with Gasteiger partial charge in [0.05, 0.1) is 5.69 Å². The van der Waals surface area contributed by atoms with Gasteiger partial charge in [0.2, 0.25) is 0 Å². The van der Waals surface area contributed by atoms with Crippen LogP contribution in [0.15, 0.2) is 71.4 Å². The van der Waals surface area contributed by atoms with Gasteiger partial charge in [0, 0.05) is 49.5 Å². The minimum absolute atomic E-state index is 0.0695. The molecule has 1 saturated heterocycles. The molecule has 0 N–H and O–H groups in total. The van der Waals surface area contributed by atoms with Gasteiger partial charge >= 0.3 is 0 Å². The summed E-state index contributed by atoms with van der Waals surface area (Å²) in [5, 5.41) is 9.65. The number of hydrogen-bond acceptors (Lipinski definition) is 6. The third kappa shape index (κ3) is 3.42. The summed E-state index contributed by atoms with van der Waals surface area (Å²) in [6.45, 7) is 2.64. The van der Waals surface area contributed by atoms with Crippen LogP contribution in [0.3, 0.4) is 0 Å². The van der Waals surface area contributed by atoms with Crippen molar-refractivity contribution < 1.29 is 9.21 Å². The zero-order valence-corrected chi connectivity index (χ0v) is 15.7. The molecule has 7 nitrogen and oxygen atoms in total. The number of furan rings is 1. The van der Waals surface area contributed by atoms with Crippen molar-refractivity contribution in [1.29, 1.82) is 0 Å². The molecule has 0 atom stereocenters. The molecule has 1 aliphatic heterocycles. The molecule has 0 spiro atoms. The van der Waals surface area contributed by atoms with Crippen LogP contribution in [0.4, 0.5) is 5.82 Å². The maximum absolute atomic E-state index is 12.8. The van der Waals surface area contributed by atoms with E-state index in [0.717, 1.165) is 28.0 Å². The molecule has 0 aliphatic carbocycles. The summed E-state index contributed by atoms with van der Waals surface area (Å²) >= 11 is 0. The predicted octanol–water partition coefficient (Wildman–Crippen LogP) is 3.25. The summed E-state index contributed by atoms with van der Waals surface area (Å²) in [4.78, 5) is 20.8. The van der Waals surface area contributed by atoms with Crippen molar-refractivity contribution in [1.82, 2.24) is 20.1 Å². The highest BCUT2D eigenvalue weighted by Gasteiger charge is 2.25. The van der Waals surface area contributed by atoms with Gasteiger partial charge in [-0.05, 0) is 36.4 Å². The Balaban J connectivity index is 1.25. The van der Waals surface area contributed by atoms with Crippen molar-refractivity contribution in [3.63, 3.8) is 0 Å². The van der Waals surface area contributed by atoms with Crippen molar-refractivity contribution in [3.05, 3.63) is 72.8 Å². The van der Waals surface area contributed by atoms with Crippen molar-refractivity contribution in [2.45, 2.75) is 0 Å². The Bertz CT molecular complexity index is 1100. The van der Waals surface area contributed by atoms with E-state index in [1.165, 1.54) is 0 Å². The Morgan fingerprint density at radius 1 is 0.897 bits per heavy atom. The van der Waals surface area contributed by atoms with E-state index in [1.807, 2.05) is 59.5 Å². The van der Waals surface area contributed by atoms with Crippen LogP contribution in [-0.2, 0) is 0 Å². The van der Waals surface area contributed by atoms with E-state index in [2.05, 4.69) is 20.1 Å². The highest BCUT2D eigenvalue weighted by molar-refractivity contribution is 5.96. The van der Waals surface area contributed by atoms with Crippen LogP contribution in [0.1, 0.15) is 10.6 Å². The van der Waals surface area contributed by atoms with E-state index >= 15 is 0 Å². The van der Waals surface area contributed by atoms with E-state index in [1.54, 1.807) is 12.4 Å². The van der Waals surface area contributed by atoms with Crippen molar-refractivity contribution in [2.75, 3.05) is 31.1 Å². The van der Waals surface area contributed by atoms with Gasteiger partial charge in [-0.1, -0.05) is 18.2 Å². The molecule has 1 aromatic carbocycles. The van der Waals surface area contributed by atoms with Crippen LogP contribution in [0.25, 0.3) is 22.2 Å². The number of nitrogens with zero attached hydrogens (tertiary/aromatic N) is 5. The lowest BCUT2D eigenvalue weighted by molar-refractivity contribution is 0.0717. The van der Waals surface area contributed by atoms with Gasteiger partial charge in [0.1, 0.15) is 5.58 Å². The highest BCUT2D eigenvalue weighted by atomic mass is 16.3. The van der Waals surface area contributed by atoms with E-state index in [9.17, 15) is 4.79 Å². The first-order valence-corrected chi connectivity index (χ1v) is 9.55. The van der Waals surface area contributed by atoms with Gasteiger partial charge in [-0.25, -0.2) is 0 Å². The van der Waals surface area contributed by atoms with Crippen LogP contribution in [0.2, 0.25) is 0 Å². The molecule has 1 amide bonds. The average Bonchev–Trinajstić information content (AvgIpc) is 3.24. The number of anilines is 1. The van der Waals surface area contributed by atoms with Crippen molar-refractivity contribution in [3.8, 4) is 11.3 Å². The lowest BCUT2D eigenvalue weighted by atomic mass is 10.2. The Labute approximate surface area is 167 Å². The summed E-state index contributed by atoms with van der Waals surface area (Å²) in [5.41, 5.74) is 2.54. The molecule has 0 bridgehead atoms. The predicted molar refractivity (Wildman–Crippen MR) is 110 cm³/mol. The first kappa shape index (κ1) is 17.4. The Kier molecular flexibility index (Phi) is 4.40. The molecule has 5 rings (SSSR count). The highest BCUT2D eigenvalue weighted by Crippen LogP contribution is 2.22. The molecule has 1 fully saturated rings. The Morgan fingerprint density at radius 2 is 1.69 bits per heavy atom. The number of fused-ring (bicyclic) bond motifs is 1. The topological polar surface area (TPSA) is 75.4 Å². The summed E-state index contributed by atoms with van der Waals surface area (Å²) in [5.74, 6) is 1.14.